The first-order chi connectivity index (χ1) is 13.3. The molecule has 0 aliphatic carbocycles. The normalized spacial score (nSPS) is 11.1. The average molecular weight is 395 g/mol. The van der Waals surface area contributed by atoms with E-state index in [0.717, 1.165) is 16.7 Å². The minimum absolute atomic E-state index is 0.386. The number of ether oxygens (including phenoxy) is 2. The summed E-state index contributed by atoms with van der Waals surface area (Å²) in [6.45, 7) is 5.97. The topological polar surface area (TPSA) is 35.5 Å². The third-order valence-electron chi connectivity index (χ3n) is 4.01. The van der Waals surface area contributed by atoms with E-state index in [0.29, 0.717) is 22.9 Å². The molecule has 0 spiro atoms. The molecule has 0 saturated carbocycles. The second kappa shape index (κ2) is 8.49. The van der Waals surface area contributed by atoms with Gasteiger partial charge in [0, 0.05) is 5.02 Å². The SMILES string of the molecule is CC(C)(C)OC(=O)c1cc(OCc2ccccc2)ccc1-c1ccc(Cl)cc1. The highest BCUT2D eigenvalue weighted by Gasteiger charge is 2.21. The number of hydrogen-bond donors (Lipinski definition) is 0. The molecule has 0 bridgehead atoms. The van der Waals surface area contributed by atoms with Crippen molar-refractivity contribution in [1.82, 2.24) is 0 Å². The van der Waals surface area contributed by atoms with Crippen molar-refractivity contribution >= 4 is 17.6 Å². The van der Waals surface area contributed by atoms with Gasteiger partial charge in [-0.3, -0.25) is 0 Å². The molecule has 0 aliphatic heterocycles. The Morgan fingerprint density at radius 2 is 1.61 bits per heavy atom. The largest absolute Gasteiger partial charge is 0.489 e. The fraction of sp³-hybridized carbons (Fsp3) is 0.208. The van der Waals surface area contributed by atoms with Gasteiger partial charge in [-0.1, -0.05) is 54.1 Å². The second-order valence-electron chi connectivity index (χ2n) is 7.49. The molecule has 0 saturated heterocycles. The zero-order valence-electron chi connectivity index (χ0n) is 16.2. The summed E-state index contributed by atoms with van der Waals surface area (Å²) in [5.74, 6) is 0.227. The maximum Gasteiger partial charge on any atom is 0.339 e. The molecule has 28 heavy (non-hydrogen) atoms. The summed E-state index contributed by atoms with van der Waals surface area (Å²) in [5, 5.41) is 0.644. The third-order valence-corrected chi connectivity index (χ3v) is 4.27. The van der Waals surface area contributed by atoms with E-state index in [1.165, 1.54) is 0 Å². The van der Waals surface area contributed by atoms with E-state index in [2.05, 4.69) is 0 Å². The van der Waals surface area contributed by atoms with E-state index in [1.807, 2.05) is 75.4 Å². The van der Waals surface area contributed by atoms with Crippen molar-refractivity contribution in [1.29, 1.82) is 0 Å². The van der Waals surface area contributed by atoms with Gasteiger partial charge < -0.3 is 9.47 Å². The summed E-state index contributed by atoms with van der Waals surface area (Å²) in [4.78, 5) is 12.8. The number of rotatable bonds is 5. The standard InChI is InChI=1S/C24H23ClO3/c1-24(2,3)28-23(26)22-15-20(27-16-17-7-5-4-6-8-17)13-14-21(22)18-9-11-19(25)12-10-18/h4-15H,16H2,1-3H3. The summed E-state index contributed by atoms with van der Waals surface area (Å²) >= 11 is 6.00. The van der Waals surface area contributed by atoms with Gasteiger partial charge in [-0.15, -0.1) is 0 Å². The van der Waals surface area contributed by atoms with Crippen LogP contribution in [0.2, 0.25) is 5.02 Å². The van der Waals surface area contributed by atoms with Gasteiger partial charge in [-0.25, -0.2) is 4.79 Å². The van der Waals surface area contributed by atoms with Crippen molar-refractivity contribution < 1.29 is 14.3 Å². The first-order valence-corrected chi connectivity index (χ1v) is 9.50. The van der Waals surface area contributed by atoms with Crippen LogP contribution in [0, 0.1) is 0 Å². The molecule has 0 fully saturated rings. The third kappa shape index (κ3) is 5.37. The van der Waals surface area contributed by atoms with E-state index >= 15 is 0 Å². The highest BCUT2D eigenvalue weighted by atomic mass is 35.5. The lowest BCUT2D eigenvalue weighted by atomic mass is 9.99. The molecule has 4 heteroatoms. The Morgan fingerprint density at radius 1 is 0.929 bits per heavy atom. The lowest BCUT2D eigenvalue weighted by molar-refractivity contribution is 0.00700. The molecule has 0 aromatic heterocycles. The first-order valence-electron chi connectivity index (χ1n) is 9.12. The van der Waals surface area contributed by atoms with Gasteiger partial charge in [0.2, 0.25) is 0 Å². The highest BCUT2D eigenvalue weighted by molar-refractivity contribution is 6.30. The first kappa shape index (κ1) is 20.0. The van der Waals surface area contributed by atoms with Gasteiger partial charge in [0.1, 0.15) is 18.0 Å². The molecule has 0 radical (unpaired) electrons. The Bertz CT molecular complexity index is 942. The summed E-state index contributed by atoms with van der Waals surface area (Å²) in [7, 11) is 0. The van der Waals surface area contributed by atoms with Crippen LogP contribution in [0.4, 0.5) is 0 Å². The van der Waals surface area contributed by atoms with Crippen molar-refractivity contribution in [3.05, 3.63) is 88.9 Å². The van der Waals surface area contributed by atoms with E-state index in [-0.39, 0.29) is 5.97 Å². The summed E-state index contributed by atoms with van der Waals surface area (Å²) in [5.41, 5.74) is 2.60. The zero-order valence-corrected chi connectivity index (χ0v) is 17.0. The summed E-state index contributed by atoms with van der Waals surface area (Å²) in [6, 6.07) is 22.7. The second-order valence-corrected chi connectivity index (χ2v) is 7.93. The molecule has 0 aliphatic rings. The van der Waals surface area contributed by atoms with Crippen LogP contribution in [0.15, 0.2) is 72.8 Å². The average Bonchev–Trinajstić information content (AvgIpc) is 2.66. The smallest absolute Gasteiger partial charge is 0.339 e. The fourth-order valence-electron chi connectivity index (χ4n) is 2.74. The molecule has 0 atom stereocenters. The molecule has 3 aromatic carbocycles. The molecule has 0 N–H and O–H groups in total. The van der Waals surface area contributed by atoms with Crippen molar-refractivity contribution in [2.75, 3.05) is 0 Å². The van der Waals surface area contributed by atoms with Crippen molar-refractivity contribution in [3.63, 3.8) is 0 Å². The van der Waals surface area contributed by atoms with E-state index in [4.69, 9.17) is 21.1 Å². The van der Waals surface area contributed by atoms with Gasteiger partial charge in [-0.2, -0.15) is 0 Å². The molecular formula is C24H23ClO3. The van der Waals surface area contributed by atoms with Gasteiger partial charge in [0.25, 0.3) is 0 Å². The van der Waals surface area contributed by atoms with E-state index in [9.17, 15) is 4.79 Å². The molecule has 0 heterocycles. The molecule has 144 valence electrons. The van der Waals surface area contributed by atoms with Crippen molar-refractivity contribution in [2.24, 2.45) is 0 Å². The van der Waals surface area contributed by atoms with Crippen LogP contribution in [-0.4, -0.2) is 11.6 Å². The van der Waals surface area contributed by atoms with Crippen LogP contribution in [0.1, 0.15) is 36.7 Å². The van der Waals surface area contributed by atoms with Crippen LogP contribution >= 0.6 is 11.6 Å². The molecule has 0 unspecified atom stereocenters. The maximum absolute atomic E-state index is 12.8. The van der Waals surface area contributed by atoms with E-state index < -0.39 is 5.60 Å². The predicted octanol–water partition coefficient (Wildman–Crippen LogP) is 6.54. The van der Waals surface area contributed by atoms with Crippen LogP contribution in [0.3, 0.4) is 0 Å². The van der Waals surface area contributed by atoms with Gasteiger partial charge in [0.15, 0.2) is 0 Å². The quantitative estimate of drug-likeness (QED) is 0.461. The molecule has 3 aromatic rings. The number of carbonyl (C=O) groups excluding carboxylic acids is 1. The summed E-state index contributed by atoms with van der Waals surface area (Å²) < 4.78 is 11.5. The highest BCUT2D eigenvalue weighted by Crippen LogP contribution is 2.30. The Hall–Kier alpha value is -2.78. The van der Waals surface area contributed by atoms with Crippen LogP contribution in [0.5, 0.6) is 5.75 Å². The fourth-order valence-corrected chi connectivity index (χ4v) is 2.86. The molecule has 0 amide bonds. The lowest BCUT2D eigenvalue weighted by Crippen LogP contribution is -2.24. The van der Waals surface area contributed by atoms with E-state index in [1.54, 1.807) is 18.2 Å². The number of hydrogen-bond acceptors (Lipinski definition) is 3. The minimum atomic E-state index is -0.588. The summed E-state index contributed by atoms with van der Waals surface area (Å²) in [6.07, 6.45) is 0. The number of halogens is 1. The number of carbonyl (C=O) groups is 1. The zero-order chi connectivity index (χ0) is 20.1. The Labute approximate surface area is 170 Å². The van der Waals surface area contributed by atoms with Gasteiger partial charge >= 0.3 is 5.97 Å². The Morgan fingerprint density at radius 3 is 2.25 bits per heavy atom. The van der Waals surface area contributed by atoms with Crippen LogP contribution < -0.4 is 4.74 Å². The minimum Gasteiger partial charge on any atom is -0.489 e. The predicted molar refractivity (Wildman–Crippen MR) is 113 cm³/mol. The van der Waals surface area contributed by atoms with Crippen molar-refractivity contribution in [3.8, 4) is 16.9 Å². The molecule has 3 rings (SSSR count). The number of esters is 1. The monoisotopic (exact) mass is 394 g/mol. The Kier molecular flexibility index (Phi) is 6.05. The van der Waals surface area contributed by atoms with Crippen molar-refractivity contribution in [2.45, 2.75) is 33.0 Å². The molecular weight excluding hydrogens is 372 g/mol. The van der Waals surface area contributed by atoms with Gasteiger partial charge in [-0.05, 0) is 67.8 Å². The number of benzene rings is 3. The molecule has 3 nitrogen and oxygen atoms in total. The van der Waals surface area contributed by atoms with Gasteiger partial charge in [0.05, 0.1) is 5.56 Å². The van der Waals surface area contributed by atoms with Crippen LogP contribution in [0.25, 0.3) is 11.1 Å². The lowest BCUT2D eigenvalue weighted by Gasteiger charge is -2.21. The van der Waals surface area contributed by atoms with Crippen LogP contribution in [-0.2, 0) is 11.3 Å². The Balaban J connectivity index is 1.93. The maximum atomic E-state index is 12.8.